The van der Waals surface area contributed by atoms with Gasteiger partial charge < -0.3 is 14.2 Å². The van der Waals surface area contributed by atoms with E-state index in [1.54, 1.807) is 0 Å². The summed E-state index contributed by atoms with van der Waals surface area (Å²) in [5.74, 6) is 2.01. The van der Waals surface area contributed by atoms with E-state index >= 15 is 0 Å². The second kappa shape index (κ2) is 9.28. The Morgan fingerprint density at radius 2 is 1.79 bits per heavy atom. The van der Waals surface area contributed by atoms with Crippen LogP contribution in [-0.2, 0) is 11.3 Å². The van der Waals surface area contributed by atoms with Crippen LogP contribution in [-0.4, -0.2) is 28.6 Å². The summed E-state index contributed by atoms with van der Waals surface area (Å²) in [6, 6.07) is 23.7. The van der Waals surface area contributed by atoms with E-state index in [2.05, 4.69) is 29.7 Å². The van der Waals surface area contributed by atoms with Crippen LogP contribution in [0.4, 0.5) is 5.69 Å². The van der Waals surface area contributed by atoms with E-state index in [9.17, 15) is 4.79 Å². The number of ether oxygens (including phenoxy) is 1. The molecule has 1 aliphatic rings. The molecule has 0 N–H and O–H groups in total. The molecule has 168 valence electrons. The van der Waals surface area contributed by atoms with Gasteiger partial charge in [0.05, 0.1) is 17.6 Å². The molecule has 4 aromatic rings. The van der Waals surface area contributed by atoms with Gasteiger partial charge in [0, 0.05) is 36.1 Å². The van der Waals surface area contributed by atoms with Gasteiger partial charge in [0.25, 0.3) is 0 Å². The lowest BCUT2D eigenvalue weighted by Gasteiger charge is -2.17. The van der Waals surface area contributed by atoms with E-state index in [-0.39, 0.29) is 11.8 Å². The molecule has 33 heavy (non-hydrogen) atoms. The summed E-state index contributed by atoms with van der Waals surface area (Å²) in [7, 11) is 0. The van der Waals surface area contributed by atoms with Crippen molar-refractivity contribution in [2.24, 2.45) is 0 Å². The number of fused-ring (bicyclic) bond motifs is 1. The fourth-order valence-electron chi connectivity index (χ4n) is 4.44. The smallest absolute Gasteiger partial charge is 0.227 e. The Morgan fingerprint density at radius 1 is 1.03 bits per heavy atom. The molecular formula is C27H26ClN3O2. The minimum Gasteiger partial charge on any atom is -0.494 e. The first-order valence-corrected chi connectivity index (χ1v) is 11.7. The highest BCUT2D eigenvalue weighted by atomic mass is 35.5. The number of anilines is 1. The third-order valence-electron chi connectivity index (χ3n) is 6.13. The molecule has 0 spiro atoms. The Bertz CT molecular complexity index is 1270. The fraction of sp³-hybridized carbons (Fsp3) is 0.259. The van der Waals surface area contributed by atoms with Crippen molar-refractivity contribution in [1.82, 2.24) is 9.55 Å². The van der Waals surface area contributed by atoms with Crippen LogP contribution in [0.3, 0.4) is 0 Å². The van der Waals surface area contributed by atoms with Crippen LogP contribution in [0.2, 0.25) is 5.02 Å². The molecule has 1 amide bonds. The Hall–Kier alpha value is -3.31. The zero-order chi connectivity index (χ0) is 22.8. The second-order valence-electron chi connectivity index (χ2n) is 8.51. The largest absolute Gasteiger partial charge is 0.494 e. The van der Waals surface area contributed by atoms with Crippen LogP contribution < -0.4 is 9.64 Å². The van der Waals surface area contributed by atoms with E-state index < -0.39 is 0 Å². The number of imidazole rings is 1. The summed E-state index contributed by atoms with van der Waals surface area (Å²) in [5.41, 5.74) is 4.15. The highest BCUT2D eigenvalue weighted by Gasteiger charge is 2.34. The number of rotatable bonds is 7. The molecule has 6 heteroatoms. The van der Waals surface area contributed by atoms with Gasteiger partial charge in [-0.15, -0.1) is 0 Å². The van der Waals surface area contributed by atoms with E-state index in [0.29, 0.717) is 24.6 Å². The van der Waals surface area contributed by atoms with Crippen molar-refractivity contribution in [3.05, 3.63) is 89.2 Å². The van der Waals surface area contributed by atoms with Crippen molar-refractivity contribution in [2.75, 3.05) is 18.1 Å². The molecule has 1 atom stereocenters. The van der Waals surface area contributed by atoms with Gasteiger partial charge in [0.2, 0.25) is 5.91 Å². The molecule has 2 heterocycles. The SMILES string of the molecule is Cc1ccc(OCCCn2c([C@@H]3CC(=O)N(c4ccc(Cl)cc4)C3)nc3ccccc32)cc1. The van der Waals surface area contributed by atoms with Crippen molar-refractivity contribution < 1.29 is 9.53 Å². The molecule has 0 radical (unpaired) electrons. The highest BCUT2D eigenvalue weighted by molar-refractivity contribution is 6.30. The third-order valence-corrected chi connectivity index (χ3v) is 6.38. The number of nitrogens with zero attached hydrogens (tertiary/aromatic N) is 3. The average Bonchev–Trinajstić information content (AvgIpc) is 3.39. The van der Waals surface area contributed by atoms with Crippen LogP contribution in [0.15, 0.2) is 72.8 Å². The molecule has 0 saturated carbocycles. The second-order valence-corrected chi connectivity index (χ2v) is 8.94. The van der Waals surface area contributed by atoms with Crippen molar-refractivity contribution in [1.29, 1.82) is 0 Å². The van der Waals surface area contributed by atoms with E-state index in [1.165, 1.54) is 5.56 Å². The predicted molar refractivity (Wildman–Crippen MR) is 132 cm³/mol. The normalized spacial score (nSPS) is 16.0. The summed E-state index contributed by atoms with van der Waals surface area (Å²) in [5, 5.41) is 0.664. The predicted octanol–water partition coefficient (Wildman–Crippen LogP) is 5.99. The summed E-state index contributed by atoms with van der Waals surface area (Å²) in [6.45, 7) is 4.09. The number of carbonyl (C=O) groups is 1. The third kappa shape index (κ3) is 4.60. The molecule has 5 rings (SSSR count). The number of hydrogen-bond acceptors (Lipinski definition) is 3. The average molecular weight is 460 g/mol. The number of aryl methyl sites for hydroxylation is 2. The maximum atomic E-state index is 12.8. The van der Waals surface area contributed by atoms with Gasteiger partial charge in [-0.25, -0.2) is 4.98 Å². The number of benzene rings is 3. The molecule has 1 saturated heterocycles. The zero-order valence-corrected chi connectivity index (χ0v) is 19.3. The number of hydrogen-bond donors (Lipinski definition) is 0. The summed E-state index contributed by atoms with van der Waals surface area (Å²) < 4.78 is 8.19. The van der Waals surface area contributed by atoms with Crippen LogP contribution in [0, 0.1) is 6.92 Å². The lowest BCUT2D eigenvalue weighted by atomic mass is 10.1. The monoisotopic (exact) mass is 459 g/mol. The number of para-hydroxylation sites is 2. The minimum atomic E-state index is 0.0404. The quantitative estimate of drug-likeness (QED) is 0.319. The zero-order valence-electron chi connectivity index (χ0n) is 18.6. The summed E-state index contributed by atoms with van der Waals surface area (Å²) in [4.78, 5) is 19.6. The van der Waals surface area contributed by atoms with Gasteiger partial charge in [-0.2, -0.15) is 0 Å². The molecule has 1 aromatic heterocycles. The Balaban J connectivity index is 1.34. The fourth-order valence-corrected chi connectivity index (χ4v) is 4.57. The van der Waals surface area contributed by atoms with Gasteiger partial charge in [-0.05, 0) is 61.9 Å². The van der Waals surface area contributed by atoms with Crippen molar-refractivity contribution in [3.8, 4) is 5.75 Å². The maximum absolute atomic E-state index is 12.8. The first-order valence-electron chi connectivity index (χ1n) is 11.3. The number of aromatic nitrogens is 2. The Morgan fingerprint density at radius 3 is 2.58 bits per heavy atom. The van der Waals surface area contributed by atoms with Gasteiger partial charge in [0.1, 0.15) is 11.6 Å². The molecule has 0 aliphatic carbocycles. The number of carbonyl (C=O) groups excluding carboxylic acids is 1. The highest BCUT2D eigenvalue weighted by Crippen LogP contribution is 2.33. The summed E-state index contributed by atoms with van der Waals surface area (Å²) in [6.07, 6.45) is 1.30. The van der Waals surface area contributed by atoms with Crippen LogP contribution in [0.25, 0.3) is 11.0 Å². The lowest BCUT2D eigenvalue weighted by molar-refractivity contribution is -0.117. The van der Waals surface area contributed by atoms with Crippen LogP contribution in [0.1, 0.15) is 30.1 Å². The lowest BCUT2D eigenvalue weighted by Crippen LogP contribution is -2.24. The minimum absolute atomic E-state index is 0.0404. The Labute approximate surface area is 198 Å². The first-order chi connectivity index (χ1) is 16.1. The molecular weight excluding hydrogens is 434 g/mol. The molecule has 3 aromatic carbocycles. The number of halogens is 1. The van der Waals surface area contributed by atoms with E-state index in [1.807, 2.05) is 59.5 Å². The standard InChI is InChI=1S/C27H26ClN3O2/c1-19-7-13-23(14-8-19)33-16-4-15-30-25-6-3-2-5-24(25)29-27(30)20-17-26(32)31(18-20)22-11-9-21(28)10-12-22/h2-3,5-14,20H,4,15-18H2,1H3/t20-/m1/s1. The van der Waals surface area contributed by atoms with Gasteiger partial charge in [-0.1, -0.05) is 41.4 Å². The Kier molecular flexibility index (Phi) is 6.05. The van der Waals surface area contributed by atoms with Gasteiger partial charge in [-0.3, -0.25) is 4.79 Å². The van der Waals surface area contributed by atoms with Crippen molar-refractivity contribution in [2.45, 2.75) is 32.2 Å². The molecule has 1 fully saturated rings. The molecule has 1 aliphatic heterocycles. The maximum Gasteiger partial charge on any atom is 0.227 e. The van der Waals surface area contributed by atoms with E-state index in [0.717, 1.165) is 41.3 Å². The van der Waals surface area contributed by atoms with Gasteiger partial charge in [0.15, 0.2) is 0 Å². The number of amides is 1. The van der Waals surface area contributed by atoms with Crippen LogP contribution in [0.5, 0.6) is 5.75 Å². The first kappa shape index (κ1) is 21.5. The molecule has 0 unspecified atom stereocenters. The summed E-state index contributed by atoms with van der Waals surface area (Å²) >= 11 is 6.02. The van der Waals surface area contributed by atoms with Gasteiger partial charge >= 0.3 is 0 Å². The van der Waals surface area contributed by atoms with Crippen molar-refractivity contribution >= 4 is 34.2 Å². The van der Waals surface area contributed by atoms with Crippen molar-refractivity contribution in [3.63, 3.8) is 0 Å². The molecule has 0 bridgehead atoms. The van der Waals surface area contributed by atoms with E-state index in [4.69, 9.17) is 21.3 Å². The molecule has 5 nitrogen and oxygen atoms in total. The van der Waals surface area contributed by atoms with Crippen LogP contribution >= 0.6 is 11.6 Å². The topological polar surface area (TPSA) is 47.4 Å².